The first-order valence-corrected chi connectivity index (χ1v) is 8.92. The molecule has 1 aromatic heterocycles. The summed E-state index contributed by atoms with van der Waals surface area (Å²) in [5, 5.41) is 0. The minimum atomic E-state index is -0.0405. The van der Waals surface area contributed by atoms with Crippen molar-refractivity contribution in [3.63, 3.8) is 0 Å². The molecule has 1 aliphatic rings. The number of amides is 1. The molecular weight excluding hydrogens is 340 g/mol. The molecule has 0 spiro atoms. The van der Waals surface area contributed by atoms with Crippen molar-refractivity contribution in [3.05, 3.63) is 78.5 Å². The summed E-state index contributed by atoms with van der Waals surface area (Å²) in [6, 6.07) is 20.8. The van der Waals surface area contributed by atoms with Crippen LogP contribution >= 0.6 is 0 Å². The Balaban J connectivity index is 1.37. The van der Waals surface area contributed by atoms with E-state index in [-0.39, 0.29) is 18.6 Å². The van der Waals surface area contributed by atoms with Crippen LogP contribution in [0.5, 0.6) is 17.4 Å². The lowest BCUT2D eigenvalue weighted by molar-refractivity contribution is -0.120. The molecule has 1 amide bonds. The van der Waals surface area contributed by atoms with Crippen molar-refractivity contribution in [2.24, 2.45) is 0 Å². The highest BCUT2D eigenvalue weighted by Gasteiger charge is 2.30. The topological polar surface area (TPSA) is 51.7 Å². The second-order valence-corrected chi connectivity index (χ2v) is 6.48. The fraction of sp³-hybridized carbons (Fsp3) is 0.182. The van der Waals surface area contributed by atoms with Gasteiger partial charge in [-0.05, 0) is 55.3 Å². The number of carbonyl (C=O) groups excluding carboxylic acids is 1. The van der Waals surface area contributed by atoms with Crippen molar-refractivity contribution >= 4 is 11.6 Å². The maximum Gasteiger partial charge on any atom is 0.265 e. The van der Waals surface area contributed by atoms with Gasteiger partial charge in [-0.3, -0.25) is 4.79 Å². The van der Waals surface area contributed by atoms with Gasteiger partial charge in [0.1, 0.15) is 11.5 Å². The van der Waals surface area contributed by atoms with E-state index in [9.17, 15) is 4.79 Å². The van der Waals surface area contributed by atoms with E-state index in [1.165, 1.54) is 5.56 Å². The molecule has 2 heterocycles. The number of hydrogen-bond donors (Lipinski definition) is 0. The summed E-state index contributed by atoms with van der Waals surface area (Å²) in [5.74, 6) is 1.77. The van der Waals surface area contributed by atoms with Gasteiger partial charge in [0.15, 0.2) is 6.61 Å². The number of hydrogen-bond acceptors (Lipinski definition) is 4. The summed E-state index contributed by atoms with van der Waals surface area (Å²) in [5.41, 5.74) is 2.19. The molecular formula is C22H20N2O3. The number of carbonyl (C=O) groups is 1. The lowest BCUT2D eigenvalue weighted by Crippen LogP contribution is -2.39. The maximum atomic E-state index is 12.7. The Morgan fingerprint density at radius 2 is 1.78 bits per heavy atom. The Labute approximate surface area is 158 Å². The number of anilines is 1. The number of fused-ring (bicyclic) bond motifs is 1. The van der Waals surface area contributed by atoms with Crippen LogP contribution in [0, 0.1) is 0 Å². The molecule has 0 saturated heterocycles. The van der Waals surface area contributed by atoms with Gasteiger partial charge in [-0.2, -0.15) is 0 Å². The smallest absolute Gasteiger partial charge is 0.265 e. The number of rotatable bonds is 5. The van der Waals surface area contributed by atoms with Gasteiger partial charge in [-0.25, -0.2) is 4.98 Å². The number of ether oxygens (including phenoxy) is 2. The lowest BCUT2D eigenvalue weighted by atomic mass is 10.1. The van der Waals surface area contributed by atoms with E-state index < -0.39 is 0 Å². The van der Waals surface area contributed by atoms with E-state index in [1.54, 1.807) is 36.5 Å². The van der Waals surface area contributed by atoms with Crippen LogP contribution in [0.4, 0.5) is 5.69 Å². The van der Waals surface area contributed by atoms with Crippen LogP contribution in [0.2, 0.25) is 0 Å². The fourth-order valence-electron chi connectivity index (χ4n) is 3.29. The lowest BCUT2D eigenvalue weighted by Gasteiger charge is -2.22. The SMILES string of the molecule is C[C@H]1Cc2ccccc2N1C(=O)COc1ccc(Oc2ccccn2)cc1. The zero-order valence-corrected chi connectivity index (χ0v) is 15.0. The molecule has 1 atom stereocenters. The van der Waals surface area contributed by atoms with Crippen molar-refractivity contribution < 1.29 is 14.3 Å². The van der Waals surface area contributed by atoms with Gasteiger partial charge in [0.05, 0.1) is 0 Å². The second-order valence-electron chi connectivity index (χ2n) is 6.48. The van der Waals surface area contributed by atoms with Crippen molar-refractivity contribution in [2.45, 2.75) is 19.4 Å². The van der Waals surface area contributed by atoms with Crippen LogP contribution in [0.25, 0.3) is 0 Å². The van der Waals surface area contributed by atoms with Crippen molar-refractivity contribution in [1.82, 2.24) is 4.98 Å². The molecule has 0 aliphatic carbocycles. The summed E-state index contributed by atoms with van der Waals surface area (Å²) < 4.78 is 11.3. The molecule has 1 aliphatic heterocycles. The van der Waals surface area contributed by atoms with Crippen LogP contribution in [-0.4, -0.2) is 23.5 Å². The molecule has 0 unspecified atom stereocenters. The summed E-state index contributed by atoms with van der Waals surface area (Å²) in [6.07, 6.45) is 2.55. The molecule has 5 heteroatoms. The Hall–Kier alpha value is -3.34. The first-order chi connectivity index (χ1) is 13.2. The predicted molar refractivity (Wildman–Crippen MR) is 103 cm³/mol. The Morgan fingerprint density at radius 3 is 2.56 bits per heavy atom. The first kappa shape index (κ1) is 17.1. The third-order valence-corrected chi connectivity index (χ3v) is 4.52. The van der Waals surface area contributed by atoms with E-state index in [2.05, 4.69) is 18.0 Å². The van der Waals surface area contributed by atoms with Gasteiger partial charge < -0.3 is 14.4 Å². The molecule has 4 rings (SSSR count). The van der Waals surface area contributed by atoms with E-state index in [0.29, 0.717) is 17.4 Å². The third-order valence-electron chi connectivity index (χ3n) is 4.52. The number of aromatic nitrogens is 1. The van der Waals surface area contributed by atoms with Gasteiger partial charge in [0, 0.05) is 24.0 Å². The average molecular weight is 360 g/mol. The largest absolute Gasteiger partial charge is 0.484 e. The molecule has 27 heavy (non-hydrogen) atoms. The van der Waals surface area contributed by atoms with Crippen molar-refractivity contribution in [2.75, 3.05) is 11.5 Å². The van der Waals surface area contributed by atoms with E-state index in [4.69, 9.17) is 9.47 Å². The number of pyridine rings is 1. The Morgan fingerprint density at radius 1 is 1.04 bits per heavy atom. The maximum absolute atomic E-state index is 12.7. The second kappa shape index (κ2) is 7.50. The number of para-hydroxylation sites is 1. The molecule has 5 nitrogen and oxygen atoms in total. The average Bonchev–Trinajstić information content (AvgIpc) is 3.04. The van der Waals surface area contributed by atoms with E-state index in [0.717, 1.165) is 12.1 Å². The van der Waals surface area contributed by atoms with Gasteiger partial charge in [-0.15, -0.1) is 0 Å². The molecule has 0 saturated carbocycles. The van der Waals surface area contributed by atoms with Gasteiger partial charge in [-0.1, -0.05) is 24.3 Å². The number of nitrogens with zero attached hydrogens (tertiary/aromatic N) is 2. The normalized spacial score (nSPS) is 15.3. The van der Waals surface area contributed by atoms with Crippen LogP contribution in [-0.2, 0) is 11.2 Å². The highest BCUT2D eigenvalue weighted by Crippen LogP contribution is 2.32. The summed E-state index contributed by atoms with van der Waals surface area (Å²) >= 11 is 0. The van der Waals surface area contributed by atoms with E-state index >= 15 is 0 Å². The standard InChI is InChI=1S/C22H20N2O3/c1-16-14-17-6-2-3-7-20(17)24(16)22(25)15-26-18-9-11-19(12-10-18)27-21-8-4-5-13-23-21/h2-13,16H,14-15H2,1H3/t16-/m0/s1. The fourth-order valence-corrected chi connectivity index (χ4v) is 3.29. The molecule has 0 N–H and O–H groups in total. The van der Waals surface area contributed by atoms with Crippen molar-refractivity contribution in [3.8, 4) is 17.4 Å². The summed E-state index contributed by atoms with van der Waals surface area (Å²) in [6.45, 7) is 2.06. The quantitative estimate of drug-likeness (QED) is 0.683. The molecule has 136 valence electrons. The van der Waals surface area contributed by atoms with E-state index in [1.807, 2.05) is 35.2 Å². The van der Waals surface area contributed by atoms with Gasteiger partial charge >= 0.3 is 0 Å². The van der Waals surface area contributed by atoms with Crippen molar-refractivity contribution in [1.29, 1.82) is 0 Å². The summed E-state index contributed by atoms with van der Waals surface area (Å²) in [7, 11) is 0. The highest BCUT2D eigenvalue weighted by atomic mass is 16.5. The Kier molecular flexibility index (Phi) is 4.75. The Bertz CT molecular complexity index is 926. The summed E-state index contributed by atoms with van der Waals surface area (Å²) in [4.78, 5) is 18.6. The molecule has 2 aromatic carbocycles. The van der Waals surface area contributed by atoms with Crippen LogP contribution in [0.3, 0.4) is 0 Å². The molecule has 0 fully saturated rings. The molecule has 3 aromatic rings. The third kappa shape index (κ3) is 3.77. The zero-order valence-electron chi connectivity index (χ0n) is 15.0. The van der Waals surface area contributed by atoms with Crippen LogP contribution in [0.1, 0.15) is 12.5 Å². The van der Waals surface area contributed by atoms with Crippen LogP contribution < -0.4 is 14.4 Å². The van der Waals surface area contributed by atoms with Crippen LogP contribution in [0.15, 0.2) is 72.9 Å². The molecule has 0 bridgehead atoms. The minimum Gasteiger partial charge on any atom is -0.484 e. The zero-order chi connectivity index (χ0) is 18.6. The minimum absolute atomic E-state index is 0.000874. The van der Waals surface area contributed by atoms with Gasteiger partial charge in [0.2, 0.25) is 5.88 Å². The monoisotopic (exact) mass is 360 g/mol. The first-order valence-electron chi connectivity index (χ1n) is 8.92. The molecule has 0 radical (unpaired) electrons. The van der Waals surface area contributed by atoms with Gasteiger partial charge in [0.25, 0.3) is 5.91 Å². The predicted octanol–water partition coefficient (Wildman–Crippen LogP) is 4.23. The number of benzene rings is 2. The highest BCUT2D eigenvalue weighted by molar-refractivity contribution is 5.97.